The lowest BCUT2D eigenvalue weighted by Gasteiger charge is -2.06. The van der Waals surface area contributed by atoms with Gasteiger partial charge in [0.2, 0.25) is 0 Å². The molecule has 0 aliphatic carbocycles. The lowest BCUT2D eigenvalue weighted by Crippen LogP contribution is -1.95. The van der Waals surface area contributed by atoms with E-state index in [4.69, 9.17) is 10.00 Å². The van der Waals surface area contributed by atoms with Crippen molar-refractivity contribution in [3.63, 3.8) is 0 Å². The van der Waals surface area contributed by atoms with Crippen LogP contribution < -0.4 is 4.74 Å². The third-order valence-corrected chi connectivity index (χ3v) is 3.21. The largest absolute Gasteiger partial charge is 0.489 e. The summed E-state index contributed by atoms with van der Waals surface area (Å²) in [5.74, 6) is 0.851. The summed E-state index contributed by atoms with van der Waals surface area (Å²) in [7, 11) is 0. The number of halogens is 1. The van der Waals surface area contributed by atoms with Crippen molar-refractivity contribution in [2.75, 3.05) is 0 Å². The average molecular weight is 302 g/mol. The Bertz CT molecular complexity index is 540. The van der Waals surface area contributed by atoms with Crippen molar-refractivity contribution in [1.82, 2.24) is 0 Å². The quantitative estimate of drug-likeness (QED) is 0.799. The Morgan fingerprint density at radius 2 is 1.56 bits per heavy atom. The average Bonchev–Trinajstić information content (AvgIpc) is 2.46. The minimum absolute atomic E-state index is 0.513. The van der Waals surface area contributed by atoms with Crippen molar-refractivity contribution < 1.29 is 4.74 Å². The Morgan fingerprint density at radius 3 is 2.11 bits per heavy atom. The second-order valence-electron chi connectivity index (χ2n) is 3.87. The Morgan fingerprint density at radius 1 is 0.944 bits per heavy atom. The van der Waals surface area contributed by atoms with Crippen LogP contribution in [0.3, 0.4) is 0 Å². The Balaban J connectivity index is 1.95. The van der Waals surface area contributed by atoms with Crippen molar-refractivity contribution in [1.29, 1.82) is 5.26 Å². The van der Waals surface area contributed by atoms with Crippen LogP contribution in [-0.2, 0) is 11.9 Å². The van der Waals surface area contributed by atoms with Gasteiger partial charge in [0.1, 0.15) is 12.4 Å². The molecule has 0 aliphatic heterocycles. The molecule has 0 amide bonds. The van der Waals surface area contributed by atoms with Crippen molar-refractivity contribution in [2.45, 2.75) is 11.9 Å². The van der Waals surface area contributed by atoms with Gasteiger partial charge in [0, 0.05) is 5.33 Å². The highest BCUT2D eigenvalue weighted by atomic mass is 79.9. The van der Waals surface area contributed by atoms with Crippen LogP contribution >= 0.6 is 15.9 Å². The zero-order valence-corrected chi connectivity index (χ0v) is 11.4. The summed E-state index contributed by atoms with van der Waals surface area (Å²) in [6, 6.07) is 17.5. The third kappa shape index (κ3) is 3.35. The molecule has 0 saturated heterocycles. The summed E-state index contributed by atoms with van der Waals surface area (Å²) in [5, 5.41) is 9.55. The number of alkyl halides is 1. The standard InChI is InChI=1S/C15H12BrNO/c16-9-12-5-7-15(8-6-12)18-11-14-3-1-13(10-17)2-4-14/h1-8H,9,11H2. The Labute approximate surface area is 115 Å². The van der Waals surface area contributed by atoms with E-state index in [-0.39, 0.29) is 0 Å². The first kappa shape index (κ1) is 12.7. The molecule has 0 spiro atoms. The maximum atomic E-state index is 8.70. The van der Waals surface area contributed by atoms with E-state index in [1.54, 1.807) is 12.1 Å². The molecule has 0 heterocycles. The van der Waals surface area contributed by atoms with E-state index in [1.165, 1.54) is 5.56 Å². The fourth-order valence-corrected chi connectivity index (χ4v) is 1.89. The van der Waals surface area contributed by atoms with Crippen LogP contribution in [0.5, 0.6) is 5.75 Å². The van der Waals surface area contributed by atoms with Gasteiger partial charge in [-0.1, -0.05) is 40.2 Å². The highest BCUT2D eigenvalue weighted by Gasteiger charge is 1.97. The van der Waals surface area contributed by atoms with Crippen LogP contribution in [0.15, 0.2) is 48.5 Å². The van der Waals surface area contributed by atoms with Gasteiger partial charge in [-0.2, -0.15) is 5.26 Å². The highest BCUT2D eigenvalue weighted by molar-refractivity contribution is 9.08. The summed E-state index contributed by atoms with van der Waals surface area (Å²) < 4.78 is 5.67. The summed E-state index contributed by atoms with van der Waals surface area (Å²) in [6.07, 6.45) is 0. The minimum Gasteiger partial charge on any atom is -0.489 e. The molecule has 2 nitrogen and oxygen atoms in total. The molecule has 90 valence electrons. The molecular formula is C15H12BrNO. The number of hydrogen-bond acceptors (Lipinski definition) is 2. The van der Waals surface area contributed by atoms with Crippen LogP contribution in [0.2, 0.25) is 0 Å². The van der Waals surface area contributed by atoms with Crippen molar-refractivity contribution in [3.8, 4) is 11.8 Å². The van der Waals surface area contributed by atoms with Gasteiger partial charge in [-0.15, -0.1) is 0 Å². The Hall–Kier alpha value is -1.79. The molecule has 2 rings (SSSR count). The Kier molecular flexibility index (Phi) is 4.38. The summed E-state index contributed by atoms with van der Waals surface area (Å²) >= 11 is 3.40. The molecule has 0 atom stereocenters. The molecule has 0 fully saturated rings. The van der Waals surface area contributed by atoms with E-state index in [2.05, 4.69) is 22.0 Å². The van der Waals surface area contributed by atoms with Crippen molar-refractivity contribution in [2.24, 2.45) is 0 Å². The number of benzene rings is 2. The molecule has 0 unspecified atom stereocenters. The number of ether oxygens (including phenoxy) is 1. The SMILES string of the molecule is N#Cc1ccc(COc2ccc(CBr)cc2)cc1. The first-order valence-electron chi connectivity index (χ1n) is 5.58. The van der Waals surface area contributed by atoms with Crippen LogP contribution in [0.25, 0.3) is 0 Å². The minimum atomic E-state index is 0.513. The normalized spacial score (nSPS) is 9.78. The van der Waals surface area contributed by atoms with E-state index in [9.17, 15) is 0 Å². The van der Waals surface area contributed by atoms with E-state index in [1.807, 2.05) is 36.4 Å². The smallest absolute Gasteiger partial charge is 0.119 e. The molecule has 0 aromatic heterocycles. The van der Waals surface area contributed by atoms with Crippen LogP contribution in [0.4, 0.5) is 0 Å². The first-order valence-corrected chi connectivity index (χ1v) is 6.70. The van der Waals surface area contributed by atoms with Crippen molar-refractivity contribution in [3.05, 3.63) is 65.2 Å². The maximum Gasteiger partial charge on any atom is 0.119 e. The van der Waals surface area contributed by atoms with Crippen LogP contribution in [0.1, 0.15) is 16.7 Å². The highest BCUT2D eigenvalue weighted by Crippen LogP contribution is 2.15. The van der Waals surface area contributed by atoms with Gasteiger partial charge in [0.25, 0.3) is 0 Å². The summed E-state index contributed by atoms with van der Waals surface area (Å²) in [5.41, 5.74) is 2.94. The topological polar surface area (TPSA) is 33.0 Å². The van der Waals surface area contributed by atoms with Gasteiger partial charge in [0.15, 0.2) is 0 Å². The lowest BCUT2D eigenvalue weighted by atomic mass is 10.1. The fourth-order valence-electron chi connectivity index (χ4n) is 1.52. The van der Waals surface area contributed by atoms with Crippen LogP contribution in [-0.4, -0.2) is 0 Å². The number of nitriles is 1. The number of hydrogen-bond donors (Lipinski definition) is 0. The molecule has 2 aromatic carbocycles. The summed E-state index contributed by atoms with van der Waals surface area (Å²) in [6.45, 7) is 0.513. The van der Waals surface area contributed by atoms with E-state index in [0.717, 1.165) is 16.6 Å². The molecule has 18 heavy (non-hydrogen) atoms. The van der Waals surface area contributed by atoms with E-state index in [0.29, 0.717) is 12.2 Å². The molecule has 0 aliphatic rings. The first-order chi connectivity index (χ1) is 8.81. The molecule has 3 heteroatoms. The van der Waals surface area contributed by atoms with Gasteiger partial charge >= 0.3 is 0 Å². The number of rotatable bonds is 4. The van der Waals surface area contributed by atoms with Crippen LogP contribution in [0, 0.1) is 11.3 Å². The second-order valence-corrected chi connectivity index (χ2v) is 4.44. The van der Waals surface area contributed by atoms with Crippen molar-refractivity contribution >= 4 is 15.9 Å². The van der Waals surface area contributed by atoms with E-state index >= 15 is 0 Å². The van der Waals surface area contributed by atoms with Gasteiger partial charge in [-0.25, -0.2) is 0 Å². The van der Waals surface area contributed by atoms with Gasteiger partial charge in [-0.3, -0.25) is 0 Å². The molecule has 0 N–H and O–H groups in total. The molecule has 0 radical (unpaired) electrons. The van der Waals surface area contributed by atoms with Gasteiger partial charge in [0.05, 0.1) is 11.6 Å². The van der Waals surface area contributed by atoms with Gasteiger partial charge < -0.3 is 4.74 Å². The monoisotopic (exact) mass is 301 g/mol. The predicted octanol–water partition coefficient (Wildman–Crippen LogP) is 4.03. The predicted molar refractivity (Wildman–Crippen MR) is 74.6 cm³/mol. The number of nitrogens with zero attached hydrogens (tertiary/aromatic N) is 1. The zero-order valence-electron chi connectivity index (χ0n) is 9.77. The maximum absolute atomic E-state index is 8.70. The zero-order chi connectivity index (χ0) is 12.8. The second kappa shape index (κ2) is 6.23. The third-order valence-electron chi connectivity index (χ3n) is 2.57. The lowest BCUT2D eigenvalue weighted by molar-refractivity contribution is 0.306. The molecule has 2 aromatic rings. The van der Waals surface area contributed by atoms with E-state index < -0.39 is 0 Å². The fraction of sp³-hybridized carbons (Fsp3) is 0.133. The summed E-state index contributed by atoms with van der Waals surface area (Å²) in [4.78, 5) is 0. The van der Waals surface area contributed by atoms with Gasteiger partial charge in [-0.05, 0) is 35.4 Å². The molecule has 0 bridgehead atoms. The molecule has 0 saturated carbocycles. The molecular weight excluding hydrogens is 290 g/mol.